The number of carboxylic acids is 1. The number of amides is 3. The van der Waals surface area contributed by atoms with Gasteiger partial charge < -0.3 is 36.6 Å². The van der Waals surface area contributed by atoms with Crippen molar-refractivity contribution in [2.45, 2.75) is 63.9 Å². The summed E-state index contributed by atoms with van der Waals surface area (Å²) < 4.78 is 0. The van der Waals surface area contributed by atoms with E-state index in [1.807, 2.05) is 0 Å². The molecular weight excluding hydrogens is 372 g/mol. The topological polar surface area (TPSA) is 182 Å². The van der Waals surface area contributed by atoms with Crippen LogP contribution in [0, 0.1) is 5.92 Å². The zero-order valence-corrected chi connectivity index (χ0v) is 16.3. The van der Waals surface area contributed by atoms with E-state index in [1.165, 1.54) is 11.8 Å². The predicted octanol–water partition coefficient (Wildman–Crippen LogP) is -2.61. The zero-order chi connectivity index (χ0) is 21.6. The minimum Gasteiger partial charge on any atom is -0.480 e. The molecule has 3 amide bonds. The Bertz CT molecular complexity index is 596. The number of carboxylic acid groups (broad SMARTS) is 1. The van der Waals surface area contributed by atoms with Crippen molar-refractivity contribution in [3.63, 3.8) is 0 Å². The molecule has 1 aliphatic heterocycles. The van der Waals surface area contributed by atoms with Crippen LogP contribution in [0.25, 0.3) is 0 Å². The maximum atomic E-state index is 12.6. The van der Waals surface area contributed by atoms with Gasteiger partial charge in [0.25, 0.3) is 0 Å². The molecule has 5 unspecified atom stereocenters. The van der Waals surface area contributed by atoms with Crippen molar-refractivity contribution in [1.82, 2.24) is 15.5 Å². The molecule has 1 saturated heterocycles. The third kappa shape index (κ3) is 5.88. The van der Waals surface area contributed by atoms with Crippen molar-refractivity contribution < 1.29 is 34.5 Å². The molecule has 0 aromatic carbocycles. The van der Waals surface area contributed by atoms with Crippen LogP contribution >= 0.6 is 0 Å². The fourth-order valence-electron chi connectivity index (χ4n) is 2.93. The second-order valence-corrected chi connectivity index (χ2v) is 7.27. The minimum absolute atomic E-state index is 0.280. The molecule has 11 heteroatoms. The SMILES string of the molecule is CC(C)C(NC(=O)C(CO)NC(=O)C1CCCN1C(=O)C(N)C(C)O)C(=O)O. The average molecular weight is 402 g/mol. The number of carbonyl (C=O) groups excluding carboxylic acids is 3. The molecule has 11 nitrogen and oxygen atoms in total. The van der Waals surface area contributed by atoms with Gasteiger partial charge in [-0.05, 0) is 25.7 Å². The first-order chi connectivity index (χ1) is 13.0. The Balaban J connectivity index is 2.80. The van der Waals surface area contributed by atoms with Gasteiger partial charge >= 0.3 is 5.97 Å². The average Bonchev–Trinajstić information content (AvgIpc) is 3.11. The fourth-order valence-corrected chi connectivity index (χ4v) is 2.93. The van der Waals surface area contributed by atoms with Crippen molar-refractivity contribution in [2.75, 3.05) is 13.2 Å². The van der Waals surface area contributed by atoms with Crippen molar-refractivity contribution in [2.24, 2.45) is 11.7 Å². The van der Waals surface area contributed by atoms with E-state index in [-0.39, 0.29) is 6.54 Å². The number of aliphatic carboxylic acids is 1. The van der Waals surface area contributed by atoms with E-state index in [9.17, 15) is 29.4 Å². The number of hydrogen-bond acceptors (Lipinski definition) is 7. The van der Waals surface area contributed by atoms with Crippen LogP contribution in [0.1, 0.15) is 33.6 Å². The number of nitrogens with one attached hydrogen (secondary N) is 2. The zero-order valence-electron chi connectivity index (χ0n) is 16.3. The highest BCUT2D eigenvalue weighted by atomic mass is 16.4. The standard InChI is InChI=1S/C17H30N4O7/c1-8(2)13(17(27)28)20-14(24)10(7-22)19-15(25)11-5-4-6-21(11)16(26)12(18)9(3)23/h8-13,22-23H,4-7,18H2,1-3H3,(H,19,25)(H,20,24)(H,27,28). The summed E-state index contributed by atoms with van der Waals surface area (Å²) in [5, 5.41) is 32.7. The molecule has 1 rings (SSSR count). The molecular formula is C17H30N4O7. The van der Waals surface area contributed by atoms with Gasteiger partial charge in [0.1, 0.15) is 24.2 Å². The summed E-state index contributed by atoms with van der Waals surface area (Å²) >= 11 is 0. The van der Waals surface area contributed by atoms with Crippen LogP contribution in [0.15, 0.2) is 0 Å². The van der Waals surface area contributed by atoms with E-state index in [0.29, 0.717) is 12.8 Å². The second kappa shape index (κ2) is 10.3. The van der Waals surface area contributed by atoms with E-state index in [0.717, 1.165) is 0 Å². The summed E-state index contributed by atoms with van der Waals surface area (Å²) in [7, 11) is 0. The molecule has 0 aromatic rings. The van der Waals surface area contributed by atoms with E-state index in [4.69, 9.17) is 10.8 Å². The number of carbonyl (C=O) groups is 4. The van der Waals surface area contributed by atoms with Gasteiger partial charge in [0, 0.05) is 6.54 Å². The molecule has 0 aliphatic carbocycles. The van der Waals surface area contributed by atoms with Crippen molar-refractivity contribution in [1.29, 1.82) is 0 Å². The summed E-state index contributed by atoms with van der Waals surface area (Å²) in [6.45, 7) is 4.13. The Morgan fingerprint density at radius 2 is 1.79 bits per heavy atom. The highest BCUT2D eigenvalue weighted by molar-refractivity contribution is 5.94. The van der Waals surface area contributed by atoms with Crippen molar-refractivity contribution >= 4 is 23.7 Å². The summed E-state index contributed by atoms with van der Waals surface area (Å²) in [4.78, 5) is 49.6. The number of hydrogen-bond donors (Lipinski definition) is 6. The summed E-state index contributed by atoms with van der Waals surface area (Å²) in [6, 6.07) is -4.60. The van der Waals surface area contributed by atoms with Gasteiger partial charge in [-0.2, -0.15) is 0 Å². The largest absolute Gasteiger partial charge is 0.480 e. The third-order valence-electron chi connectivity index (χ3n) is 4.69. The Kier molecular flexibility index (Phi) is 8.79. The molecule has 0 radical (unpaired) electrons. The summed E-state index contributed by atoms with van der Waals surface area (Å²) in [6.07, 6.45) is -0.203. The maximum Gasteiger partial charge on any atom is 0.326 e. The number of rotatable bonds is 9. The highest BCUT2D eigenvalue weighted by Gasteiger charge is 2.38. The quantitative estimate of drug-likeness (QED) is 0.242. The molecule has 7 N–H and O–H groups in total. The van der Waals surface area contributed by atoms with Gasteiger partial charge in [-0.25, -0.2) is 4.79 Å². The number of aliphatic hydroxyl groups excluding tert-OH is 2. The molecule has 1 heterocycles. The van der Waals surface area contributed by atoms with Gasteiger partial charge in [0.2, 0.25) is 17.7 Å². The Labute approximate surface area is 163 Å². The number of nitrogens with zero attached hydrogens (tertiary/aromatic N) is 1. The van der Waals surface area contributed by atoms with Crippen LogP contribution in [0.5, 0.6) is 0 Å². The number of nitrogens with two attached hydrogens (primary N) is 1. The van der Waals surface area contributed by atoms with E-state index >= 15 is 0 Å². The molecule has 0 spiro atoms. The lowest BCUT2D eigenvalue weighted by Crippen LogP contribution is -2.58. The first kappa shape index (κ1) is 23.8. The lowest BCUT2D eigenvalue weighted by molar-refractivity contribution is -0.144. The first-order valence-corrected chi connectivity index (χ1v) is 9.19. The molecule has 1 aliphatic rings. The monoisotopic (exact) mass is 402 g/mol. The van der Waals surface area contributed by atoms with Crippen LogP contribution in [-0.2, 0) is 19.2 Å². The Hall–Kier alpha value is -2.24. The third-order valence-corrected chi connectivity index (χ3v) is 4.69. The van der Waals surface area contributed by atoms with Gasteiger partial charge in [0.05, 0.1) is 12.7 Å². The lowest BCUT2D eigenvalue weighted by Gasteiger charge is -2.29. The van der Waals surface area contributed by atoms with Gasteiger partial charge in [-0.1, -0.05) is 13.8 Å². The van der Waals surface area contributed by atoms with E-state index in [2.05, 4.69) is 10.6 Å². The summed E-state index contributed by atoms with van der Waals surface area (Å²) in [5.41, 5.74) is 5.66. The van der Waals surface area contributed by atoms with Gasteiger partial charge in [-0.15, -0.1) is 0 Å². The molecule has 0 saturated carbocycles. The predicted molar refractivity (Wildman–Crippen MR) is 97.8 cm³/mol. The highest BCUT2D eigenvalue weighted by Crippen LogP contribution is 2.19. The Morgan fingerprint density at radius 1 is 1.18 bits per heavy atom. The number of aliphatic hydroxyl groups is 2. The van der Waals surface area contributed by atoms with Crippen LogP contribution < -0.4 is 16.4 Å². The Morgan fingerprint density at radius 3 is 2.25 bits per heavy atom. The molecule has 1 fully saturated rings. The van der Waals surface area contributed by atoms with Crippen LogP contribution in [0.3, 0.4) is 0 Å². The molecule has 0 bridgehead atoms. The van der Waals surface area contributed by atoms with E-state index < -0.39 is 66.5 Å². The molecule has 28 heavy (non-hydrogen) atoms. The van der Waals surface area contributed by atoms with Crippen LogP contribution in [0.2, 0.25) is 0 Å². The molecule has 0 aromatic heterocycles. The maximum absolute atomic E-state index is 12.6. The summed E-state index contributed by atoms with van der Waals surface area (Å²) in [5.74, 6) is -3.71. The van der Waals surface area contributed by atoms with E-state index in [1.54, 1.807) is 13.8 Å². The fraction of sp³-hybridized carbons (Fsp3) is 0.765. The smallest absolute Gasteiger partial charge is 0.326 e. The molecule has 160 valence electrons. The second-order valence-electron chi connectivity index (χ2n) is 7.27. The molecule has 5 atom stereocenters. The minimum atomic E-state index is -1.36. The van der Waals surface area contributed by atoms with Crippen LogP contribution in [-0.4, -0.2) is 87.3 Å². The van der Waals surface area contributed by atoms with Gasteiger partial charge in [0.15, 0.2) is 0 Å². The lowest BCUT2D eigenvalue weighted by atomic mass is 10.0. The van der Waals surface area contributed by atoms with Crippen LogP contribution in [0.4, 0.5) is 0 Å². The van der Waals surface area contributed by atoms with Gasteiger partial charge in [-0.3, -0.25) is 14.4 Å². The normalized spacial score (nSPS) is 21.0. The van der Waals surface area contributed by atoms with Crippen molar-refractivity contribution in [3.8, 4) is 0 Å². The number of likely N-dealkylation sites (tertiary alicyclic amines) is 1. The van der Waals surface area contributed by atoms with Crippen molar-refractivity contribution in [3.05, 3.63) is 0 Å². The first-order valence-electron chi connectivity index (χ1n) is 9.19.